The van der Waals surface area contributed by atoms with Gasteiger partial charge in [-0.25, -0.2) is 0 Å². The summed E-state index contributed by atoms with van der Waals surface area (Å²) in [4.78, 5) is 11.8. The molecule has 0 aromatic rings. The lowest BCUT2D eigenvalue weighted by atomic mass is 9.92. The first-order valence-electron chi connectivity index (χ1n) is 5.14. The summed E-state index contributed by atoms with van der Waals surface area (Å²) in [5.74, 6) is 1.68. The highest BCUT2D eigenvalue weighted by molar-refractivity contribution is 6.01. The first kappa shape index (κ1) is 6.88. The smallest absolute Gasteiger partial charge is 0.162 e. The van der Waals surface area contributed by atoms with Crippen molar-refractivity contribution in [3.63, 3.8) is 0 Å². The Balaban J connectivity index is 2.04. The van der Waals surface area contributed by atoms with Crippen LogP contribution in [0.3, 0.4) is 0 Å². The molecule has 1 fully saturated rings. The van der Waals surface area contributed by atoms with Gasteiger partial charge in [-0.2, -0.15) is 0 Å². The van der Waals surface area contributed by atoms with Crippen molar-refractivity contribution < 1.29 is 4.79 Å². The molecule has 1 heteroatoms. The second-order valence-corrected chi connectivity index (χ2v) is 4.37. The van der Waals surface area contributed by atoms with Gasteiger partial charge in [0.15, 0.2) is 5.78 Å². The SMILES string of the molecule is O=C1C2=C(CCC2)[C@@H]2CCC[C@H]12. The predicted molar refractivity (Wildman–Crippen MR) is 46.7 cm³/mol. The van der Waals surface area contributed by atoms with E-state index in [1.165, 1.54) is 37.7 Å². The van der Waals surface area contributed by atoms with Crippen molar-refractivity contribution >= 4 is 5.78 Å². The lowest BCUT2D eigenvalue weighted by molar-refractivity contribution is -0.118. The molecule has 0 bridgehead atoms. The second kappa shape index (κ2) is 2.21. The first-order chi connectivity index (χ1) is 5.88. The van der Waals surface area contributed by atoms with E-state index in [4.69, 9.17) is 0 Å². The van der Waals surface area contributed by atoms with Crippen LogP contribution in [0.15, 0.2) is 11.1 Å². The Bertz CT molecular complexity index is 275. The fraction of sp³-hybridized carbons (Fsp3) is 0.727. The minimum Gasteiger partial charge on any atom is -0.294 e. The third kappa shape index (κ3) is 0.675. The molecule has 3 aliphatic carbocycles. The fourth-order valence-electron chi connectivity index (χ4n) is 3.37. The normalized spacial score (nSPS) is 39.2. The molecule has 0 unspecified atom stereocenters. The van der Waals surface area contributed by atoms with Crippen LogP contribution in [0.4, 0.5) is 0 Å². The largest absolute Gasteiger partial charge is 0.294 e. The maximum absolute atomic E-state index is 11.8. The van der Waals surface area contributed by atoms with Gasteiger partial charge in [0, 0.05) is 5.92 Å². The molecule has 12 heavy (non-hydrogen) atoms. The van der Waals surface area contributed by atoms with E-state index in [2.05, 4.69) is 0 Å². The zero-order chi connectivity index (χ0) is 8.13. The van der Waals surface area contributed by atoms with Crippen molar-refractivity contribution in [2.75, 3.05) is 0 Å². The van der Waals surface area contributed by atoms with Gasteiger partial charge in [0.1, 0.15) is 0 Å². The third-order valence-corrected chi connectivity index (χ3v) is 3.86. The summed E-state index contributed by atoms with van der Waals surface area (Å²) in [6.07, 6.45) is 7.35. The van der Waals surface area contributed by atoms with E-state index in [9.17, 15) is 4.79 Å². The third-order valence-electron chi connectivity index (χ3n) is 3.86. The Hall–Kier alpha value is -0.590. The van der Waals surface area contributed by atoms with E-state index in [0.717, 1.165) is 6.42 Å². The summed E-state index contributed by atoms with van der Waals surface area (Å²) in [6, 6.07) is 0. The Labute approximate surface area is 72.8 Å². The van der Waals surface area contributed by atoms with E-state index in [1.54, 1.807) is 5.57 Å². The number of hydrogen-bond acceptors (Lipinski definition) is 1. The maximum atomic E-state index is 11.8. The molecule has 0 spiro atoms. The monoisotopic (exact) mass is 162 g/mol. The molecule has 0 aliphatic heterocycles. The summed E-state index contributed by atoms with van der Waals surface area (Å²) in [5, 5.41) is 0. The van der Waals surface area contributed by atoms with Gasteiger partial charge in [-0.3, -0.25) is 4.79 Å². The minimum absolute atomic E-state index is 0.440. The summed E-state index contributed by atoms with van der Waals surface area (Å²) < 4.78 is 0. The van der Waals surface area contributed by atoms with Crippen LogP contribution in [0.5, 0.6) is 0 Å². The molecule has 1 saturated carbocycles. The van der Waals surface area contributed by atoms with E-state index in [0.29, 0.717) is 17.6 Å². The summed E-state index contributed by atoms with van der Waals surface area (Å²) in [5.41, 5.74) is 2.83. The second-order valence-electron chi connectivity index (χ2n) is 4.37. The van der Waals surface area contributed by atoms with Crippen molar-refractivity contribution in [2.24, 2.45) is 11.8 Å². The van der Waals surface area contributed by atoms with Gasteiger partial charge < -0.3 is 0 Å². The average molecular weight is 162 g/mol. The van der Waals surface area contributed by atoms with E-state index in [1.807, 2.05) is 0 Å². The van der Waals surface area contributed by atoms with Crippen LogP contribution in [0.2, 0.25) is 0 Å². The van der Waals surface area contributed by atoms with Crippen LogP contribution < -0.4 is 0 Å². The van der Waals surface area contributed by atoms with Crippen LogP contribution in [-0.2, 0) is 4.79 Å². The van der Waals surface area contributed by atoms with Gasteiger partial charge in [0.25, 0.3) is 0 Å². The van der Waals surface area contributed by atoms with Gasteiger partial charge in [0.05, 0.1) is 0 Å². The molecular weight excluding hydrogens is 148 g/mol. The van der Waals surface area contributed by atoms with Gasteiger partial charge in [-0.15, -0.1) is 0 Å². The number of carbonyl (C=O) groups is 1. The quantitative estimate of drug-likeness (QED) is 0.534. The number of carbonyl (C=O) groups excluding carboxylic acids is 1. The Morgan fingerprint density at radius 1 is 1.00 bits per heavy atom. The predicted octanol–water partition coefficient (Wildman–Crippen LogP) is 2.47. The van der Waals surface area contributed by atoms with Crippen LogP contribution in [0.1, 0.15) is 38.5 Å². The van der Waals surface area contributed by atoms with Gasteiger partial charge in [-0.1, -0.05) is 12.0 Å². The summed E-state index contributed by atoms with van der Waals surface area (Å²) in [7, 11) is 0. The zero-order valence-electron chi connectivity index (χ0n) is 7.31. The van der Waals surface area contributed by atoms with Gasteiger partial charge >= 0.3 is 0 Å². The molecule has 3 rings (SSSR count). The first-order valence-corrected chi connectivity index (χ1v) is 5.14. The Morgan fingerprint density at radius 2 is 1.83 bits per heavy atom. The van der Waals surface area contributed by atoms with Crippen molar-refractivity contribution in [1.82, 2.24) is 0 Å². The fourth-order valence-corrected chi connectivity index (χ4v) is 3.37. The van der Waals surface area contributed by atoms with Crippen molar-refractivity contribution in [3.05, 3.63) is 11.1 Å². The molecule has 0 saturated heterocycles. The summed E-state index contributed by atoms with van der Waals surface area (Å²) >= 11 is 0. The Kier molecular flexibility index (Phi) is 1.27. The van der Waals surface area contributed by atoms with Crippen LogP contribution in [-0.4, -0.2) is 5.78 Å². The van der Waals surface area contributed by atoms with E-state index < -0.39 is 0 Å². The van der Waals surface area contributed by atoms with Crippen LogP contribution >= 0.6 is 0 Å². The van der Waals surface area contributed by atoms with Crippen LogP contribution in [0.25, 0.3) is 0 Å². The number of allylic oxidation sites excluding steroid dienone is 2. The number of ketones is 1. The lowest BCUT2D eigenvalue weighted by Gasteiger charge is -2.11. The molecule has 0 heterocycles. The average Bonchev–Trinajstić information content (AvgIpc) is 2.72. The molecular formula is C11H14O. The lowest BCUT2D eigenvalue weighted by Crippen LogP contribution is -2.12. The molecule has 64 valence electrons. The highest BCUT2D eigenvalue weighted by atomic mass is 16.1. The van der Waals surface area contributed by atoms with Crippen molar-refractivity contribution in [2.45, 2.75) is 38.5 Å². The van der Waals surface area contributed by atoms with E-state index in [-0.39, 0.29) is 0 Å². The topological polar surface area (TPSA) is 17.1 Å². The highest BCUT2D eigenvalue weighted by Crippen LogP contribution is 2.50. The maximum Gasteiger partial charge on any atom is 0.162 e. The minimum atomic E-state index is 0.440. The van der Waals surface area contributed by atoms with Gasteiger partial charge in [-0.05, 0) is 43.6 Å². The summed E-state index contributed by atoms with van der Waals surface area (Å²) in [6.45, 7) is 0. The number of hydrogen-bond donors (Lipinski definition) is 0. The number of rotatable bonds is 0. The molecule has 0 aromatic heterocycles. The highest BCUT2D eigenvalue weighted by Gasteiger charge is 2.44. The molecule has 1 nitrogen and oxygen atoms in total. The number of Topliss-reactive ketones (excluding diaryl/α,β-unsaturated/α-hetero) is 1. The molecule has 0 N–H and O–H groups in total. The zero-order valence-corrected chi connectivity index (χ0v) is 7.31. The molecule has 0 aromatic carbocycles. The van der Waals surface area contributed by atoms with E-state index >= 15 is 0 Å². The molecule has 2 atom stereocenters. The van der Waals surface area contributed by atoms with Gasteiger partial charge in [0.2, 0.25) is 0 Å². The van der Waals surface area contributed by atoms with Crippen LogP contribution in [0, 0.1) is 11.8 Å². The molecule has 0 radical (unpaired) electrons. The molecule has 0 amide bonds. The van der Waals surface area contributed by atoms with Crippen molar-refractivity contribution in [3.8, 4) is 0 Å². The standard InChI is InChI=1S/C11H14O/c12-11-9-5-1-3-7(9)8-4-2-6-10(8)11/h7,9H,1-6H2/t7-,9-/m0/s1. The van der Waals surface area contributed by atoms with Crippen molar-refractivity contribution in [1.29, 1.82) is 0 Å². The Morgan fingerprint density at radius 3 is 2.75 bits per heavy atom. The molecule has 3 aliphatic rings. The number of fused-ring (bicyclic) bond motifs is 2.